The molecule has 51 heavy (non-hydrogen) atoms. The van der Waals surface area contributed by atoms with Crippen molar-refractivity contribution in [2.24, 2.45) is 0 Å². The largest absolute Gasteiger partial charge is 0.462 e. The number of ether oxygens (including phenoxy) is 1. The fourth-order valence-corrected chi connectivity index (χ4v) is 6.90. The number of hydrogen-bond acceptors (Lipinski definition) is 5. The van der Waals surface area contributed by atoms with Crippen molar-refractivity contribution in [3.8, 4) is 0 Å². The number of hydrogen-bond donors (Lipinski definition) is 3. The van der Waals surface area contributed by atoms with Crippen LogP contribution in [0.2, 0.25) is 0 Å². The van der Waals surface area contributed by atoms with Crippen molar-refractivity contribution in [2.75, 3.05) is 6.61 Å². The molecule has 0 aromatic rings. The molecule has 0 saturated heterocycles. The minimum Gasteiger partial charge on any atom is -0.462 e. The summed E-state index contributed by atoms with van der Waals surface area (Å²) in [6, 6.07) is -0.700. The molecular weight excluding hydrogens is 634 g/mol. The molecule has 0 bridgehead atoms. The minimum atomic E-state index is -0.786. The van der Waals surface area contributed by atoms with Crippen LogP contribution in [-0.2, 0) is 14.3 Å². The summed E-state index contributed by atoms with van der Waals surface area (Å²) in [6.45, 7) is 6.44. The van der Waals surface area contributed by atoms with E-state index in [0.717, 1.165) is 57.8 Å². The maximum Gasteiger partial charge on any atom is 0.306 e. The molecule has 0 fully saturated rings. The predicted molar refractivity (Wildman–Crippen MR) is 218 cm³/mol. The summed E-state index contributed by atoms with van der Waals surface area (Å²) in [7, 11) is 0. The van der Waals surface area contributed by atoms with E-state index in [1.54, 1.807) is 0 Å². The van der Waals surface area contributed by atoms with Crippen molar-refractivity contribution in [1.82, 2.24) is 5.32 Å². The number of rotatable bonds is 40. The number of nitrogens with one attached hydrogen (secondary N) is 1. The quantitative estimate of drug-likeness (QED) is 0.0332. The Labute approximate surface area is 317 Å². The third kappa shape index (κ3) is 35.4. The summed E-state index contributed by atoms with van der Waals surface area (Å²) in [5, 5.41) is 23.6. The Bertz CT molecular complexity index is 772. The second-order valence-corrected chi connectivity index (χ2v) is 15.5. The van der Waals surface area contributed by atoms with E-state index < -0.39 is 18.2 Å². The van der Waals surface area contributed by atoms with Crippen LogP contribution in [0.25, 0.3) is 0 Å². The third-order valence-corrected chi connectivity index (χ3v) is 10.3. The zero-order chi connectivity index (χ0) is 37.5. The fourth-order valence-electron chi connectivity index (χ4n) is 6.90. The third-order valence-electron chi connectivity index (χ3n) is 10.3. The first-order valence-electron chi connectivity index (χ1n) is 22.4. The zero-order valence-electron chi connectivity index (χ0n) is 34.3. The molecule has 6 nitrogen and oxygen atoms in total. The van der Waals surface area contributed by atoms with Crippen molar-refractivity contribution in [2.45, 2.75) is 257 Å². The highest BCUT2D eigenvalue weighted by Gasteiger charge is 2.24. The molecule has 3 N–H and O–H groups in total. The van der Waals surface area contributed by atoms with Crippen molar-refractivity contribution in [1.29, 1.82) is 0 Å². The summed E-state index contributed by atoms with van der Waals surface area (Å²) in [4.78, 5) is 25.9. The van der Waals surface area contributed by atoms with E-state index in [9.17, 15) is 19.8 Å². The van der Waals surface area contributed by atoms with Gasteiger partial charge in [0.15, 0.2) is 0 Å². The molecule has 1 amide bonds. The molecule has 0 spiro atoms. The molecule has 0 aromatic heterocycles. The van der Waals surface area contributed by atoms with Gasteiger partial charge in [0.2, 0.25) is 5.91 Å². The first-order chi connectivity index (χ1) is 25.0. The second-order valence-electron chi connectivity index (χ2n) is 15.5. The monoisotopic (exact) mass is 722 g/mol. The van der Waals surface area contributed by atoms with E-state index in [1.807, 2.05) is 0 Å². The topological polar surface area (TPSA) is 95.9 Å². The van der Waals surface area contributed by atoms with Crippen molar-refractivity contribution in [3.63, 3.8) is 0 Å². The average molecular weight is 722 g/mol. The lowest BCUT2D eigenvalue weighted by Crippen LogP contribution is -2.46. The number of esters is 1. The van der Waals surface area contributed by atoms with E-state index in [-0.39, 0.29) is 24.9 Å². The first-order valence-corrected chi connectivity index (χ1v) is 22.4. The highest BCUT2D eigenvalue weighted by atomic mass is 16.5. The number of allylic oxidation sites excluding steroid dienone is 2. The molecule has 0 rings (SSSR count). The van der Waals surface area contributed by atoms with Gasteiger partial charge < -0.3 is 20.3 Å². The van der Waals surface area contributed by atoms with Crippen molar-refractivity contribution < 1.29 is 24.5 Å². The summed E-state index contributed by atoms with van der Waals surface area (Å²) in [5.74, 6) is -0.497. The van der Waals surface area contributed by atoms with Gasteiger partial charge in [-0.25, -0.2) is 0 Å². The summed E-state index contributed by atoms with van der Waals surface area (Å²) < 4.78 is 5.87. The molecule has 0 aliphatic rings. The Morgan fingerprint density at radius 2 is 0.961 bits per heavy atom. The Hall–Kier alpha value is -1.40. The minimum absolute atomic E-state index is 0.0624. The lowest BCUT2D eigenvalue weighted by atomic mass is 10.0. The van der Waals surface area contributed by atoms with Gasteiger partial charge in [-0.15, -0.1) is 0 Å². The van der Waals surface area contributed by atoms with Crippen molar-refractivity contribution in [3.05, 3.63) is 12.2 Å². The van der Waals surface area contributed by atoms with Gasteiger partial charge in [-0.1, -0.05) is 193 Å². The van der Waals surface area contributed by atoms with Crippen LogP contribution < -0.4 is 5.32 Å². The van der Waals surface area contributed by atoms with Gasteiger partial charge in [-0.05, 0) is 44.9 Å². The van der Waals surface area contributed by atoms with Gasteiger partial charge in [-0.3, -0.25) is 9.59 Å². The predicted octanol–water partition coefficient (Wildman–Crippen LogP) is 12.6. The molecule has 3 atom stereocenters. The summed E-state index contributed by atoms with van der Waals surface area (Å²) >= 11 is 0. The Morgan fingerprint density at radius 3 is 1.43 bits per heavy atom. The number of unbranched alkanes of at least 4 members (excludes halogenated alkanes) is 26. The van der Waals surface area contributed by atoms with E-state index >= 15 is 0 Å². The van der Waals surface area contributed by atoms with Gasteiger partial charge in [0.05, 0.1) is 25.2 Å². The molecular formula is C45H87NO5. The maximum absolute atomic E-state index is 13.1. The molecule has 302 valence electrons. The molecule has 3 unspecified atom stereocenters. The van der Waals surface area contributed by atoms with Gasteiger partial charge in [0.25, 0.3) is 0 Å². The van der Waals surface area contributed by atoms with E-state index in [0.29, 0.717) is 19.3 Å². The number of amides is 1. The lowest BCUT2D eigenvalue weighted by molar-refractivity contribution is -0.151. The van der Waals surface area contributed by atoms with Crippen LogP contribution in [0.4, 0.5) is 0 Å². The second kappa shape index (κ2) is 39.8. The SMILES string of the molecule is CCCCCCCC/C=C\CCCC(CC(=O)NC(CO)C(O)CCCCCCCCCCCCC)OC(=O)CCCCCCCCCCCC. The number of carbonyl (C=O) groups is 2. The average Bonchev–Trinajstić information content (AvgIpc) is 3.12. The van der Waals surface area contributed by atoms with E-state index in [4.69, 9.17) is 4.74 Å². The molecule has 6 heteroatoms. The fraction of sp³-hybridized carbons (Fsp3) is 0.911. The Kier molecular flexibility index (Phi) is 38.7. The van der Waals surface area contributed by atoms with Crippen molar-refractivity contribution >= 4 is 11.9 Å². The van der Waals surface area contributed by atoms with Gasteiger partial charge in [-0.2, -0.15) is 0 Å². The van der Waals surface area contributed by atoms with Crippen LogP contribution in [0.3, 0.4) is 0 Å². The number of aliphatic hydroxyl groups is 2. The molecule has 0 aliphatic heterocycles. The van der Waals surface area contributed by atoms with Crippen LogP contribution >= 0.6 is 0 Å². The smallest absolute Gasteiger partial charge is 0.306 e. The van der Waals surface area contributed by atoms with Crippen LogP contribution in [0.1, 0.15) is 239 Å². The van der Waals surface area contributed by atoms with Crippen LogP contribution in [-0.4, -0.2) is 46.9 Å². The first kappa shape index (κ1) is 49.6. The summed E-state index contributed by atoms with van der Waals surface area (Å²) in [5.41, 5.74) is 0. The Morgan fingerprint density at radius 1 is 0.549 bits per heavy atom. The normalized spacial score (nSPS) is 13.4. The molecule has 0 heterocycles. The lowest BCUT2D eigenvalue weighted by Gasteiger charge is -2.24. The van der Waals surface area contributed by atoms with Crippen LogP contribution in [0.5, 0.6) is 0 Å². The molecule has 0 saturated carbocycles. The molecule has 0 radical (unpaired) electrons. The number of aliphatic hydroxyl groups excluding tert-OH is 2. The zero-order valence-corrected chi connectivity index (χ0v) is 34.3. The van der Waals surface area contributed by atoms with Gasteiger partial charge in [0, 0.05) is 6.42 Å². The van der Waals surface area contributed by atoms with Crippen LogP contribution in [0, 0.1) is 0 Å². The Balaban J connectivity index is 4.59. The van der Waals surface area contributed by atoms with E-state index in [1.165, 1.54) is 135 Å². The van der Waals surface area contributed by atoms with Gasteiger partial charge >= 0.3 is 5.97 Å². The standard InChI is InChI=1S/C45H87NO5/c1-4-7-10-13-16-19-22-24-27-30-33-36-41(51-45(50)38-35-32-29-26-21-18-15-12-9-6-3)39-44(49)46-42(40-47)43(48)37-34-31-28-25-23-20-17-14-11-8-5-2/h24,27,41-43,47-48H,4-23,25-26,28-40H2,1-3H3,(H,46,49)/b27-24-. The van der Waals surface area contributed by atoms with Crippen LogP contribution in [0.15, 0.2) is 12.2 Å². The van der Waals surface area contributed by atoms with E-state index in [2.05, 4.69) is 38.2 Å². The highest BCUT2D eigenvalue weighted by Crippen LogP contribution is 2.17. The molecule has 0 aliphatic carbocycles. The summed E-state index contributed by atoms with van der Waals surface area (Å²) in [6.07, 6.45) is 41.3. The highest BCUT2D eigenvalue weighted by molar-refractivity contribution is 5.77. The molecule has 0 aromatic carbocycles. The number of carbonyl (C=O) groups excluding carboxylic acids is 2. The maximum atomic E-state index is 13.1. The van der Waals surface area contributed by atoms with Gasteiger partial charge in [0.1, 0.15) is 6.10 Å².